The van der Waals surface area contributed by atoms with E-state index in [1.807, 2.05) is 42.2 Å². The van der Waals surface area contributed by atoms with Crippen molar-refractivity contribution < 1.29 is 14.3 Å². The number of amides is 2. The van der Waals surface area contributed by atoms with Gasteiger partial charge in [-0.3, -0.25) is 9.59 Å². The molecule has 202 valence electrons. The molecule has 0 aliphatic carbocycles. The van der Waals surface area contributed by atoms with Crippen LogP contribution in [0, 0.1) is 18.8 Å². The Morgan fingerprint density at radius 3 is 2.49 bits per heavy atom. The smallest absolute Gasteiger partial charge is 0.247 e. The van der Waals surface area contributed by atoms with Crippen LogP contribution in [0.3, 0.4) is 0 Å². The monoisotopic (exact) mass is 527 g/mol. The maximum absolute atomic E-state index is 11.7. The third kappa shape index (κ3) is 5.79. The second-order valence-electron chi connectivity index (χ2n) is 9.98. The summed E-state index contributed by atoms with van der Waals surface area (Å²) >= 11 is 0. The molecule has 0 radical (unpaired) electrons. The topological polar surface area (TPSA) is 112 Å². The highest BCUT2D eigenvalue weighted by Crippen LogP contribution is 2.37. The van der Waals surface area contributed by atoms with Gasteiger partial charge in [0.15, 0.2) is 0 Å². The summed E-state index contributed by atoms with van der Waals surface area (Å²) in [5, 5.41) is 9.34. The molecule has 3 N–H and O–H groups in total. The number of aryl methyl sites for hydroxylation is 1. The summed E-state index contributed by atoms with van der Waals surface area (Å²) < 4.78 is 5.71. The molecule has 5 rings (SSSR count). The van der Waals surface area contributed by atoms with Gasteiger partial charge in [0, 0.05) is 79.8 Å². The van der Waals surface area contributed by atoms with Crippen LogP contribution in [0.2, 0.25) is 0 Å². The van der Waals surface area contributed by atoms with Crippen molar-refractivity contribution in [3.8, 4) is 5.75 Å². The van der Waals surface area contributed by atoms with Gasteiger partial charge in [-0.05, 0) is 43.3 Å². The van der Waals surface area contributed by atoms with Gasteiger partial charge in [-0.2, -0.15) is 4.98 Å². The van der Waals surface area contributed by atoms with Crippen molar-refractivity contribution in [2.45, 2.75) is 13.8 Å². The molecule has 2 aromatic carbocycles. The Balaban J connectivity index is 1.28. The van der Waals surface area contributed by atoms with Gasteiger partial charge in [-0.1, -0.05) is 12.6 Å². The second-order valence-corrected chi connectivity index (χ2v) is 9.98. The van der Waals surface area contributed by atoms with Gasteiger partial charge in [0.1, 0.15) is 11.6 Å². The van der Waals surface area contributed by atoms with E-state index in [9.17, 15) is 9.59 Å². The normalized spacial score (nSPS) is 17.9. The predicted molar refractivity (Wildman–Crippen MR) is 153 cm³/mol. The van der Waals surface area contributed by atoms with Gasteiger partial charge < -0.3 is 30.5 Å². The molecule has 2 atom stereocenters. The van der Waals surface area contributed by atoms with Crippen molar-refractivity contribution >= 4 is 46.3 Å². The average molecular weight is 528 g/mol. The van der Waals surface area contributed by atoms with Gasteiger partial charge in [-0.25, -0.2) is 4.98 Å². The molecule has 2 fully saturated rings. The molecule has 1 aromatic heterocycles. The van der Waals surface area contributed by atoms with Crippen LogP contribution < -0.4 is 25.6 Å². The van der Waals surface area contributed by atoms with E-state index in [1.54, 1.807) is 26.3 Å². The molecule has 3 heterocycles. The fraction of sp³-hybridized carbons (Fsp3) is 0.310. The van der Waals surface area contributed by atoms with Gasteiger partial charge in [0.2, 0.25) is 17.8 Å². The first-order chi connectivity index (χ1) is 18.8. The zero-order valence-electron chi connectivity index (χ0n) is 22.4. The quantitative estimate of drug-likeness (QED) is 0.372. The first kappa shape index (κ1) is 26.0. The average Bonchev–Trinajstić information content (AvgIpc) is 3.51. The van der Waals surface area contributed by atoms with Crippen LogP contribution in [0.1, 0.15) is 12.5 Å². The number of carbonyl (C=O) groups excluding carboxylic acids is 2. The Kier molecular flexibility index (Phi) is 7.36. The molecule has 0 spiro atoms. The molecule has 10 nitrogen and oxygen atoms in total. The van der Waals surface area contributed by atoms with Crippen molar-refractivity contribution in [2.24, 2.45) is 11.8 Å². The van der Waals surface area contributed by atoms with Crippen LogP contribution in [-0.2, 0) is 9.59 Å². The van der Waals surface area contributed by atoms with Crippen molar-refractivity contribution in [3.63, 3.8) is 0 Å². The number of hydrogen-bond acceptors (Lipinski definition) is 8. The first-order valence-electron chi connectivity index (χ1n) is 12.9. The maximum atomic E-state index is 11.7. The summed E-state index contributed by atoms with van der Waals surface area (Å²) in [6.07, 6.45) is 2.97. The fourth-order valence-corrected chi connectivity index (χ4v) is 5.19. The summed E-state index contributed by atoms with van der Waals surface area (Å²) in [5.41, 5.74) is 4.14. The number of aromatic nitrogens is 2. The van der Waals surface area contributed by atoms with Crippen molar-refractivity contribution in [1.29, 1.82) is 0 Å². The number of hydrogen-bond donors (Lipinski definition) is 3. The fourth-order valence-electron chi connectivity index (χ4n) is 5.19. The number of nitrogens with one attached hydrogen (secondary N) is 3. The Morgan fingerprint density at radius 2 is 1.79 bits per heavy atom. The van der Waals surface area contributed by atoms with Crippen molar-refractivity contribution in [2.75, 3.05) is 54.1 Å². The Hall–Kier alpha value is -4.60. The molecule has 2 aliphatic rings. The van der Waals surface area contributed by atoms with E-state index in [2.05, 4.69) is 43.5 Å². The molecule has 2 saturated heterocycles. The Morgan fingerprint density at radius 1 is 1.05 bits per heavy atom. The summed E-state index contributed by atoms with van der Waals surface area (Å²) in [6, 6.07) is 13.4. The molecular formula is C29H33N7O3. The van der Waals surface area contributed by atoms with Crippen molar-refractivity contribution in [1.82, 2.24) is 14.9 Å². The third-order valence-corrected chi connectivity index (χ3v) is 7.28. The van der Waals surface area contributed by atoms with E-state index in [0.717, 1.165) is 48.8 Å². The SMILES string of the molecule is C=CC(=O)Nc1cccc(Nc2nc(Nc3ccc(N4C[C@H]5CN(C(C)=O)C[C@H]5C4)cc3OC)ncc2C)c1. The number of nitrogens with zero attached hydrogens (tertiary/aromatic N) is 4. The van der Waals surface area contributed by atoms with Crippen LogP contribution >= 0.6 is 0 Å². The molecule has 0 bridgehead atoms. The lowest BCUT2D eigenvalue weighted by molar-refractivity contribution is -0.128. The number of ether oxygens (including phenoxy) is 1. The van der Waals surface area contributed by atoms with Crippen LogP contribution in [0.25, 0.3) is 0 Å². The summed E-state index contributed by atoms with van der Waals surface area (Å²) in [5.74, 6) is 2.65. The highest BCUT2D eigenvalue weighted by atomic mass is 16.5. The lowest BCUT2D eigenvalue weighted by atomic mass is 10.0. The number of methoxy groups -OCH3 is 1. The molecule has 10 heteroatoms. The van der Waals surface area contributed by atoms with Gasteiger partial charge in [0.05, 0.1) is 12.8 Å². The van der Waals surface area contributed by atoms with Gasteiger partial charge in [-0.15, -0.1) is 0 Å². The predicted octanol–water partition coefficient (Wildman–Crippen LogP) is 4.32. The van der Waals surface area contributed by atoms with Gasteiger partial charge >= 0.3 is 0 Å². The Labute approximate surface area is 228 Å². The molecular weight excluding hydrogens is 494 g/mol. The van der Waals surface area contributed by atoms with E-state index < -0.39 is 0 Å². The standard InChI is InChI=1S/C29H33N7O3/c1-5-27(38)31-22-7-6-8-23(11-22)32-28-18(2)13-30-29(34-28)33-25-10-9-24(12-26(25)39-4)36-16-20-14-35(19(3)37)15-21(20)17-36/h5-13,20-21H,1,14-17H2,2-4H3,(H,31,38)(H2,30,32,33,34)/t20-,21+. The highest BCUT2D eigenvalue weighted by molar-refractivity contribution is 5.99. The summed E-state index contributed by atoms with van der Waals surface area (Å²) in [6.45, 7) is 10.6. The molecule has 2 aliphatic heterocycles. The van der Waals surface area contributed by atoms with E-state index in [4.69, 9.17) is 4.74 Å². The largest absolute Gasteiger partial charge is 0.494 e. The van der Waals surface area contributed by atoms with Crippen LogP contribution in [0.15, 0.2) is 61.3 Å². The van der Waals surface area contributed by atoms with E-state index >= 15 is 0 Å². The zero-order chi connectivity index (χ0) is 27.5. The molecule has 0 unspecified atom stereocenters. The van der Waals surface area contributed by atoms with Crippen LogP contribution in [0.5, 0.6) is 5.75 Å². The molecule has 39 heavy (non-hydrogen) atoms. The second kappa shape index (κ2) is 11.0. The summed E-state index contributed by atoms with van der Waals surface area (Å²) in [7, 11) is 1.65. The minimum Gasteiger partial charge on any atom is -0.494 e. The molecule has 2 amide bonds. The van der Waals surface area contributed by atoms with Crippen molar-refractivity contribution in [3.05, 3.63) is 66.9 Å². The first-order valence-corrected chi connectivity index (χ1v) is 12.9. The number of benzene rings is 2. The third-order valence-electron chi connectivity index (χ3n) is 7.28. The Bertz CT molecular complexity index is 1400. The summed E-state index contributed by atoms with van der Waals surface area (Å²) in [4.78, 5) is 36.8. The lowest BCUT2D eigenvalue weighted by Gasteiger charge is -2.23. The zero-order valence-corrected chi connectivity index (χ0v) is 22.4. The minimum absolute atomic E-state index is 0.162. The highest BCUT2D eigenvalue weighted by Gasteiger charge is 2.41. The van der Waals surface area contributed by atoms with E-state index in [-0.39, 0.29) is 11.8 Å². The number of likely N-dealkylation sites (tertiary alicyclic amines) is 1. The van der Waals surface area contributed by atoms with Crippen LogP contribution in [-0.4, -0.2) is 60.0 Å². The van der Waals surface area contributed by atoms with Gasteiger partial charge in [0.25, 0.3) is 0 Å². The maximum Gasteiger partial charge on any atom is 0.247 e. The van der Waals surface area contributed by atoms with Crippen LogP contribution in [0.4, 0.5) is 34.5 Å². The lowest BCUT2D eigenvalue weighted by Crippen LogP contribution is -2.31. The molecule has 0 saturated carbocycles. The number of fused-ring (bicyclic) bond motifs is 1. The number of anilines is 6. The van der Waals surface area contributed by atoms with E-state index in [0.29, 0.717) is 35.0 Å². The van der Waals surface area contributed by atoms with E-state index in [1.165, 1.54) is 6.08 Å². The minimum atomic E-state index is -0.274. The number of rotatable bonds is 8. The number of carbonyl (C=O) groups is 2. The molecule has 3 aromatic rings.